The van der Waals surface area contributed by atoms with Gasteiger partial charge in [-0.1, -0.05) is 11.8 Å². The zero-order valence-electron chi connectivity index (χ0n) is 9.23. The largest absolute Gasteiger partial charge is 0.497 e. The zero-order chi connectivity index (χ0) is 11.5. The van der Waals surface area contributed by atoms with Gasteiger partial charge in [0.15, 0.2) is 5.16 Å². The summed E-state index contributed by atoms with van der Waals surface area (Å²) in [5.74, 6) is 1.44. The molecule has 1 aromatic carbocycles. The summed E-state index contributed by atoms with van der Waals surface area (Å²) in [6.45, 7) is 1.76. The third kappa shape index (κ3) is 2.48. The highest BCUT2D eigenvalue weighted by Gasteiger charge is 2.05. The monoisotopic (exact) mass is 238 g/mol. The molecule has 1 heterocycles. The standard InChI is InChI=1S/C11H14N2O2S/c1-7(14)6-16-11-12-9-4-3-8(15-2)5-10(9)13-11/h3-5,7,14H,6H2,1-2H3,(H,12,13)/t7-/m0/s1. The Hall–Kier alpha value is -1.20. The molecule has 2 rings (SSSR count). The number of aliphatic hydroxyl groups is 1. The first-order valence-electron chi connectivity index (χ1n) is 5.03. The van der Waals surface area contributed by atoms with E-state index < -0.39 is 0 Å². The van der Waals surface area contributed by atoms with E-state index in [-0.39, 0.29) is 6.10 Å². The lowest BCUT2D eigenvalue weighted by Gasteiger charge is -1.99. The van der Waals surface area contributed by atoms with Crippen molar-refractivity contribution >= 4 is 22.8 Å². The summed E-state index contributed by atoms with van der Waals surface area (Å²) in [7, 11) is 1.64. The minimum atomic E-state index is -0.326. The Morgan fingerprint density at radius 2 is 2.38 bits per heavy atom. The van der Waals surface area contributed by atoms with Gasteiger partial charge in [-0.15, -0.1) is 0 Å². The number of rotatable bonds is 4. The van der Waals surface area contributed by atoms with Gasteiger partial charge in [0.05, 0.1) is 24.2 Å². The Bertz CT molecular complexity index is 482. The molecule has 0 saturated heterocycles. The molecule has 2 aromatic rings. The van der Waals surface area contributed by atoms with Crippen LogP contribution in [-0.4, -0.2) is 34.0 Å². The van der Waals surface area contributed by atoms with Gasteiger partial charge in [-0.2, -0.15) is 0 Å². The Kier molecular flexibility index (Phi) is 3.36. The molecule has 0 radical (unpaired) electrons. The molecule has 4 nitrogen and oxygen atoms in total. The second kappa shape index (κ2) is 4.76. The summed E-state index contributed by atoms with van der Waals surface area (Å²) in [5, 5.41) is 10.0. The number of methoxy groups -OCH3 is 1. The van der Waals surface area contributed by atoms with Gasteiger partial charge < -0.3 is 14.8 Å². The average Bonchev–Trinajstić information content (AvgIpc) is 2.67. The van der Waals surface area contributed by atoms with Gasteiger partial charge in [-0.25, -0.2) is 4.98 Å². The summed E-state index contributed by atoms with van der Waals surface area (Å²) >= 11 is 1.51. The Morgan fingerprint density at radius 3 is 3.06 bits per heavy atom. The van der Waals surface area contributed by atoms with Crippen LogP contribution in [-0.2, 0) is 0 Å². The number of aliphatic hydroxyl groups excluding tert-OH is 1. The minimum absolute atomic E-state index is 0.326. The van der Waals surface area contributed by atoms with Crippen molar-refractivity contribution in [3.63, 3.8) is 0 Å². The van der Waals surface area contributed by atoms with E-state index in [1.165, 1.54) is 11.8 Å². The molecule has 0 aliphatic rings. The first-order valence-corrected chi connectivity index (χ1v) is 6.02. The van der Waals surface area contributed by atoms with Gasteiger partial charge in [-0.05, 0) is 19.1 Å². The van der Waals surface area contributed by atoms with Crippen molar-refractivity contribution in [2.45, 2.75) is 18.2 Å². The van der Waals surface area contributed by atoms with Crippen LogP contribution in [0, 0.1) is 0 Å². The summed E-state index contributed by atoms with van der Waals surface area (Å²) in [4.78, 5) is 7.59. The topological polar surface area (TPSA) is 58.1 Å². The highest BCUT2D eigenvalue weighted by molar-refractivity contribution is 7.99. The van der Waals surface area contributed by atoms with Crippen molar-refractivity contribution in [3.05, 3.63) is 18.2 Å². The molecule has 86 valence electrons. The van der Waals surface area contributed by atoms with Crippen molar-refractivity contribution in [2.24, 2.45) is 0 Å². The number of fused-ring (bicyclic) bond motifs is 1. The first kappa shape index (κ1) is 11.3. The number of aromatic amines is 1. The van der Waals surface area contributed by atoms with E-state index in [1.807, 2.05) is 18.2 Å². The minimum Gasteiger partial charge on any atom is -0.497 e. The maximum atomic E-state index is 9.19. The van der Waals surface area contributed by atoms with Gasteiger partial charge in [0.1, 0.15) is 5.75 Å². The third-order valence-corrected chi connectivity index (χ3v) is 3.24. The number of nitrogens with one attached hydrogen (secondary N) is 1. The van der Waals surface area contributed by atoms with Crippen LogP contribution in [0.5, 0.6) is 5.75 Å². The predicted octanol–water partition coefficient (Wildman–Crippen LogP) is 2.04. The predicted molar refractivity (Wildman–Crippen MR) is 65.1 cm³/mol. The van der Waals surface area contributed by atoms with Gasteiger partial charge in [-0.3, -0.25) is 0 Å². The molecular formula is C11H14N2O2S. The lowest BCUT2D eigenvalue weighted by molar-refractivity contribution is 0.220. The summed E-state index contributed by atoms with van der Waals surface area (Å²) in [6.07, 6.45) is -0.326. The van der Waals surface area contributed by atoms with E-state index in [1.54, 1.807) is 14.0 Å². The van der Waals surface area contributed by atoms with Crippen molar-refractivity contribution in [3.8, 4) is 5.75 Å². The molecule has 5 heteroatoms. The van der Waals surface area contributed by atoms with Crippen LogP contribution in [0.2, 0.25) is 0 Å². The Balaban J connectivity index is 2.22. The molecule has 2 N–H and O–H groups in total. The molecule has 0 spiro atoms. The second-order valence-corrected chi connectivity index (χ2v) is 4.59. The Morgan fingerprint density at radius 1 is 1.56 bits per heavy atom. The van der Waals surface area contributed by atoms with E-state index in [9.17, 15) is 5.11 Å². The number of H-pyrrole nitrogens is 1. The molecular weight excluding hydrogens is 224 g/mol. The lowest BCUT2D eigenvalue weighted by Crippen LogP contribution is -2.02. The summed E-state index contributed by atoms with van der Waals surface area (Å²) in [6, 6.07) is 5.71. The van der Waals surface area contributed by atoms with E-state index in [0.717, 1.165) is 21.9 Å². The van der Waals surface area contributed by atoms with Crippen molar-refractivity contribution < 1.29 is 9.84 Å². The van der Waals surface area contributed by atoms with Crippen LogP contribution in [0.15, 0.2) is 23.4 Å². The molecule has 0 aliphatic carbocycles. The number of hydrogen-bond acceptors (Lipinski definition) is 4. The van der Waals surface area contributed by atoms with Crippen LogP contribution in [0.3, 0.4) is 0 Å². The van der Waals surface area contributed by atoms with E-state index in [2.05, 4.69) is 9.97 Å². The molecule has 1 atom stereocenters. The molecule has 0 bridgehead atoms. The highest BCUT2D eigenvalue weighted by atomic mass is 32.2. The van der Waals surface area contributed by atoms with Crippen LogP contribution < -0.4 is 4.74 Å². The molecule has 1 aromatic heterocycles. The van der Waals surface area contributed by atoms with Crippen molar-refractivity contribution in [1.29, 1.82) is 0 Å². The van der Waals surface area contributed by atoms with Gasteiger partial charge >= 0.3 is 0 Å². The van der Waals surface area contributed by atoms with E-state index in [0.29, 0.717) is 5.75 Å². The van der Waals surface area contributed by atoms with E-state index >= 15 is 0 Å². The van der Waals surface area contributed by atoms with Crippen LogP contribution in [0.4, 0.5) is 0 Å². The molecule has 0 fully saturated rings. The fourth-order valence-corrected chi connectivity index (χ4v) is 2.10. The van der Waals surface area contributed by atoms with Crippen LogP contribution in [0.1, 0.15) is 6.92 Å². The number of hydrogen-bond donors (Lipinski definition) is 2. The normalized spacial score (nSPS) is 12.9. The number of nitrogens with zero attached hydrogens (tertiary/aromatic N) is 1. The van der Waals surface area contributed by atoms with Crippen molar-refractivity contribution in [1.82, 2.24) is 9.97 Å². The lowest BCUT2D eigenvalue weighted by atomic mass is 10.3. The summed E-state index contributed by atoms with van der Waals surface area (Å²) < 4.78 is 5.14. The number of thioether (sulfide) groups is 1. The first-order chi connectivity index (χ1) is 7.69. The highest BCUT2D eigenvalue weighted by Crippen LogP contribution is 2.23. The molecule has 0 saturated carbocycles. The second-order valence-electron chi connectivity index (χ2n) is 3.59. The van der Waals surface area contributed by atoms with Gasteiger partial charge in [0.25, 0.3) is 0 Å². The van der Waals surface area contributed by atoms with Crippen LogP contribution in [0.25, 0.3) is 11.0 Å². The van der Waals surface area contributed by atoms with Crippen molar-refractivity contribution in [2.75, 3.05) is 12.9 Å². The van der Waals surface area contributed by atoms with Crippen LogP contribution >= 0.6 is 11.8 Å². The molecule has 16 heavy (non-hydrogen) atoms. The zero-order valence-corrected chi connectivity index (χ0v) is 10.0. The fraction of sp³-hybridized carbons (Fsp3) is 0.364. The van der Waals surface area contributed by atoms with Gasteiger partial charge in [0.2, 0.25) is 0 Å². The number of imidazole rings is 1. The maximum Gasteiger partial charge on any atom is 0.166 e. The quantitative estimate of drug-likeness (QED) is 0.800. The fourth-order valence-electron chi connectivity index (χ4n) is 1.36. The smallest absolute Gasteiger partial charge is 0.166 e. The molecule has 0 amide bonds. The third-order valence-electron chi connectivity index (χ3n) is 2.13. The molecule has 0 unspecified atom stereocenters. The summed E-state index contributed by atoms with van der Waals surface area (Å²) in [5.41, 5.74) is 1.86. The van der Waals surface area contributed by atoms with E-state index in [4.69, 9.17) is 4.74 Å². The van der Waals surface area contributed by atoms with Gasteiger partial charge in [0, 0.05) is 11.8 Å². The number of benzene rings is 1. The Labute approximate surface area is 98.0 Å². The maximum absolute atomic E-state index is 9.19. The number of aromatic nitrogens is 2. The number of ether oxygens (including phenoxy) is 1. The molecule has 0 aliphatic heterocycles. The SMILES string of the molecule is COc1ccc2nc(SC[C@H](C)O)[nH]c2c1. The average molecular weight is 238 g/mol.